The largest absolute Gasteiger partial charge is 0.437 e. The molecule has 1 atom stereocenters. The molecule has 0 aliphatic heterocycles. The normalized spacial score (nSPS) is 15.7. The Bertz CT molecular complexity index is 1290. The molecule has 8 heteroatoms. The molecule has 0 spiro atoms. The SMILES string of the molecule is C[C@@H](/C=C/S(C)(=O)=O)NC(=O)c1cnc(C2CCCC2)nc1Oc1cccc2ccccc12. The van der Waals surface area contributed by atoms with Gasteiger partial charge >= 0.3 is 0 Å². The van der Waals surface area contributed by atoms with Crippen LogP contribution in [0.4, 0.5) is 0 Å². The van der Waals surface area contributed by atoms with Crippen LogP contribution in [0, 0.1) is 0 Å². The highest BCUT2D eigenvalue weighted by molar-refractivity contribution is 7.93. The number of ether oxygens (including phenoxy) is 1. The number of nitrogens with zero attached hydrogens (tertiary/aromatic N) is 2. The summed E-state index contributed by atoms with van der Waals surface area (Å²) in [6.07, 6.45) is 8.35. The Balaban J connectivity index is 1.67. The van der Waals surface area contributed by atoms with Gasteiger partial charge in [0.05, 0.1) is 0 Å². The summed E-state index contributed by atoms with van der Waals surface area (Å²) in [7, 11) is -3.29. The van der Waals surface area contributed by atoms with E-state index >= 15 is 0 Å². The van der Waals surface area contributed by atoms with Crippen LogP contribution in [0.15, 0.2) is 60.1 Å². The van der Waals surface area contributed by atoms with Crippen molar-refractivity contribution >= 4 is 26.5 Å². The van der Waals surface area contributed by atoms with E-state index in [1.807, 2.05) is 42.5 Å². The van der Waals surface area contributed by atoms with E-state index in [-0.39, 0.29) is 17.4 Å². The van der Waals surface area contributed by atoms with E-state index in [1.165, 1.54) is 12.3 Å². The first-order valence-corrected chi connectivity index (χ1v) is 13.0. The number of carbonyl (C=O) groups is 1. The number of sulfone groups is 1. The van der Waals surface area contributed by atoms with Crippen molar-refractivity contribution in [2.45, 2.75) is 44.6 Å². The predicted molar refractivity (Wildman–Crippen MR) is 128 cm³/mol. The maximum Gasteiger partial charge on any atom is 0.258 e. The van der Waals surface area contributed by atoms with E-state index in [2.05, 4.69) is 15.3 Å². The Morgan fingerprint density at radius 3 is 2.64 bits per heavy atom. The molecule has 3 aromatic rings. The van der Waals surface area contributed by atoms with Gasteiger partial charge in [-0.05, 0) is 31.2 Å². The van der Waals surface area contributed by atoms with Crippen molar-refractivity contribution in [3.63, 3.8) is 0 Å². The van der Waals surface area contributed by atoms with Crippen molar-refractivity contribution in [1.82, 2.24) is 15.3 Å². The molecule has 1 saturated carbocycles. The molecule has 0 bridgehead atoms. The zero-order valence-corrected chi connectivity index (χ0v) is 19.5. The third kappa shape index (κ3) is 5.76. The summed E-state index contributed by atoms with van der Waals surface area (Å²) >= 11 is 0. The number of hydrogen-bond acceptors (Lipinski definition) is 6. The summed E-state index contributed by atoms with van der Waals surface area (Å²) < 4.78 is 29.0. The lowest BCUT2D eigenvalue weighted by Gasteiger charge is -2.16. The molecule has 2 aromatic carbocycles. The molecule has 1 aliphatic rings. The quantitative estimate of drug-likeness (QED) is 0.540. The van der Waals surface area contributed by atoms with Crippen molar-refractivity contribution in [2.24, 2.45) is 0 Å². The zero-order valence-electron chi connectivity index (χ0n) is 18.7. The highest BCUT2D eigenvalue weighted by atomic mass is 32.2. The van der Waals surface area contributed by atoms with Gasteiger partial charge in [0.2, 0.25) is 5.88 Å². The lowest BCUT2D eigenvalue weighted by molar-refractivity contribution is 0.0943. The van der Waals surface area contributed by atoms with Crippen molar-refractivity contribution in [3.05, 3.63) is 71.5 Å². The van der Waals surface area contributed by atoms with Crippen LogP contribution in [-0.2, 0) is 9.84 Å². The van der Waals surface area contributed by atoms with Crippen LogP contribution >= 0.6 is 0 Å². The third-order valence-corrected chi connectivity index (χ3v) is 6.32. The van der Waals surface area contributed by atoms with Gasteiger partial charge in [-0.25, -0.2) is 13.4 Å². The fraction of sp³-hybridized carbons (Fsp3) is 0.320. The molecule has 0 radical (unpaired) electrons. The van der Waals surface area contributed by atoms with Gasteiger partial charge in [0.15, 0.2) is 9.84 Å². The fourth-order valence-electron chi connectivity index (χ4n) is 3.98. The summed E-state index contributed by atoms with van der Waals surface area (Å²) in [5.41, 5.74) is 0.198. The molecule has 1 fully saturated rings. The van der Waals surface area contributed by atoms with Crippen molar-refractivity contribution in [2.75, 3.05) is 6.26 Å². The average molecular weight is 466 g/mol. The van der Waals surface area contributed by atoms with Crippen LogP contribution in [0.5, 0.6) is 11.6 Å². The second kappa shape index (κ2) is 9.70. The number of benzene rings is 2. The maximum absolute atomic E-state index is 13.0. The van der Waals surface area contributed by atoms with E-state index in [0.29, 0.717) is 11.6 Å². The van der Waals surface area contributed by atoms with Crippen molar-refractivity contribution < 1.29 is 17.9 Å². The second-order valence-corrected chi connectivity index (χ2v) is 10.4. The lowest BCUT2D eigenvalue weighted by atomic mass is 10.1. The molecule has 0 saturated heterocycles. The van der Waals surface area contributed by atoms with E-state index in [0.717, 1.165) is 48.1 Å². The van der Waals surface area contributed by atoms with Crippen molar-refractivity contribution in [1.29, 1.82) is 0 Å². The number of aromatic nitrogens is 2. The molecule has 1 N–H and O–H groups in total. The summed E-state index contributed by atoms with van der Waals surface area (Å²) in [6, 6.07) is 13.1. The van der Waals surface area contributed by atoms with Crippen LogP contribution in [0.2, 0.25) is 0 Å². The summed E-state index contributed by atoms with van der Waals surface area (Å²) in [6.45, 7) is 1.69. The molecule has 172 valence electrons. The average Bonchev–Trinajstić information content (AvgIpc) is 3.32. The number of carbonyl (C=O) groups excluding carboxylic acids is 1. The van der Waals surface area contributed by atoms with Gasteiger partial charge in [-0.3, -0.25) is 4.79 Å². The highest BCUT2D eigenvalue weighted by Gasteiger charge is 2.24. The smallest absolute Gasteiger partial charge is 0.258 e. The molecule has 7 nitrogen and oxygen atoms in total. The first-order chi connectivity index (χ1) is 15.8. The van der Waals surface area contributed by atoms with E-state index in [9.17, 15) is 13.2 Å². The minimum absolute atomic E-state index is 0.194. The number of amides is 1. The Labute approximate surface area is 193 Å². The number of hydrogen-bond donors (Lipinski definition) is 1. The summed E-state index contributed by atoms with van der Waals surface area (Å²) in [5, 5.41) is 5.78. The van der Waals surface area contributed by atoms with Gasteiger partial charge in [0, 0.05) is 35.2 Å². The minimum atomic E-state index is -3.29. The number of fused-ring (bicyclic) bond motifs is 1. The topological polar surface area (TPSA) is 98.2 Å². The van der Waals surface area contributed by atoms with Crippen LogP contribution < -0.4 is 10.1 Å². The standard InChI is InChI=1S/C25H27N3O4S/c1-17(14-15-33(2,30)31)27-24(29)21-16-26-23(19-9-3-4-10-19)28-25(21)32-22-13-7-11-18-8-5-6-12-20(18)22/h5-8,11-17,19H,3-4,9-10H2,1-2H3,(H,27,29)/b15-14+/t17-/m0/s1. The van der Waals surface area contributed by atoms with Crippen molar-refractivity contribution in [3.8, 4) is 11.6 Å². The predicted octanol–water partition coefficient (Wildman–Crippen LogP) is 4.76. The molecular weight excluding hydrogens is 438 g/mol. The molecule has 1 aromatic heterocycles. The van der Waals surface area contributed by atoms with Gasteiger partial charge in [-0.1, -0.05) is 55.3 Å². The van der Waals surface area contributed by atoms with Crippen LogP contribution in [0.3, 0.4) is 0 Å². The highest BCUT2D eigenvalue weighted by Crippen LogP contribution is 2.35. The second-order valence-electron chi connectivity index (χ2n) is 8.43. The Kier molecular flexibility index (Phi) is 6.74. The Morgan fingerprint density at radius 1 is 1.15 bits per heavy atom. The van der Waals surface area contributed by atoms with Gasteiger partial charge in [0.25, 0.3) is 5.91 Å². The van der Waals surface area contributed by atoms with E-state index in [4.69, 9.17) is 4.74 Å². The first-order valence-electron chi connectivity index (χ1n) is 11.0. The van der Waals surface area contributed by atoms with Crippen LogP contribution in [0.1, 0.15) is 54.7 Å². The summed E-state index contributed by atoms with van der Waals surface area (Å²) in [5.74, 6) is 1.30. The third-order valence-electron chi connectivity index (χ3n) is 5.67. The monoisotopic (exact) mass is 465 g/mol. The fourth-order valence-corrected chi connectivity index (χ4v) is 4.50. The lowest BCUT2D eigenvalue weighted by Crippen LogP contribution is -2.31. The minimum Gasteiger partial charge on any atom is -0.437 e. The van der Waals surface area contributed by atoms with E-state index < -0.39 is 21.8 Å². The first kappa shape index (κ1) is 22.9. The molecule has 1 amide bonds. The van der Waals surface area contributed by atoms with Gasteiger partial charge in [0.1, 0.15) is 17.1 Å². The number of nitrogens with one attached hydrogen (secondary N) is 1. The van der Waals surface area contributed by atoms with Gasteiger partial charge < -0.3 is 10.1 Å². The van der Waals surface area contributed by atoms with Gasteiger partial charge in [-0.15, -0.1) is 0 Å². The van der Waals surface area contributed by atoms with E-state index in [1.54, 1.807) is 6.92 Å². The molecule has 33 heavy (non-hydrogen) atoms. The Hall–Kier alpha value is -3.26. The molecule has 4 rings (SSSR count). The number of rotatable bonds is 7. The van der Waals surface area contributed by atoms with Crippen LogP contribution in [-0.4, -0.2) is 36.6 Å². The molecular formula is C25H27N3O4S. The Morgan fingerprint density at radius 2 is 1.88 bits per heavy atom. The molecule has 1 aliphatic carbocycles. The molecule has 1 heterocycles. The van der Waals surface area contributed by atoms with Crippen LogP contribution in [0.25, 0.3) is 10.8 Å². The molecule has 0 unspecified atom stereocenters. The van der Waals surface area contributed by atoms with Gasteiger partial charge in [-0.2, -0.15) is 4.98 Å². The zero-order chi connectivity index (χ0) is 23.4. The summed E-state index contributed by atoms with van der Waals surface area (Å²) in [4.78, 5) is 22.2. The maximum atomic E-state index is 13.0.